The van der Waals surface area contributed by atoms with Gasteiger partial charge >= 0.3 is 0 Å². The van der Waals surface area contributed by atoms with Gasteiger partial charge in [0.05, 0.1) is 0 Å². The van der Waals surface area contributed by atoms with Gasteiger partial charge < -0.3 is 10.4 Å². The van der Waals surface area contributed by atoms with E-state index in [1.165, 1.54) is 0 Å². The smallest absolute Gasteiger partial charge is 0.242 e. The van der Waals surface area contributed by atoms with E-state index in [0.29, 0.717) is 5.56 Å². The fourth-order valence-corrected chi connectivity index (χ4v) is 2.44. The van der Waals surface area contributed by atoms with Gasteiger partial charge in [-0.3, -0.25) is 9.79 Å². The highest BCUT2D eigenvalue weighted by atomic mass is 16.3. The summed E-state index contributed by atoms with van der Waals surface area (Å²) < 4.78 is 0. The molecule has 0 aromatic heterocycles. The molecule has 0 bridgehead atoms. The average Bonchev–Trinajstić information content (AvgIpc) is 2.35. The van der Waals surface area contributed by atoms with Crippen LogP contribution >= 0.6 is 0 Å². The zero-order valence-corrected chi connectivity index (χ0v) is 17.2. The second-order valence-electron chi connectivity index (χ2n) is 9.73. The predicted octanol–water partition coefficient (Wildman–Crippen LogP) is 4.32. The molecule has 0 radical (unpaired) electrons. The van der Waals surface area contributed by atoms with Crippen molar-refractivity contribution in [1.82, 2.24) is 5.32 Å². The number of carbonyl (C=O) groups excluding carboxylic acids is 1. The number of aromatic hydroxyl groups is 1. The Hall–Kier alpha value is -1.84. The van der Waals surface area contributed by atoms with Gasteiger partial charge in [0.2, 0.25) is 5.91 Å². The molecule has 0 spiro atoms. The van der Waals surface area contributed by atoms with Crippen LogP contribution in [-0.4, -0.2) is 29.3 Å². The fourth-order valence-electron chi connectivity index (χ4n) is 2.44. The third-order valence-corrected chi connectivity index (χ3v) is 3.79. The van der Waals surface area contributed by atoms with Crippen molar-refractivity contribution in [3.63, 3.8) is 0 Å². The molecule has 0 saturated heterocycles. The average molecular weight is 347 g/mol. The van der Waals surface area contributed by atoms with Crippen molar-refractivity contribution in [3.05, 3.63) is 28.8 Å². The van der Waals surface area contributed by atoms with E-state index in [0.717, 1.165) is 11.1 Å². The first-order chi connectivity index (χ1) is 11.1. The molecule has 25 heavy (non-hydrogen) atoms. The first-order valence-electron chi connectivity index (χ1n) is 8.80. The van der Waals surface area contributed by atoms with E-state index in [4.69, 9.17) is 0 Å². The van der Waals surface area contributed by atoms with E-state index in [1.807, 2.05) is 26.8 Å². The van der Waals surface area contributed by atoms with E-state index in [9.17, 15) is 9.90 Å². The third-order valence-electron chi connectivity index (χ3n) is 3.79. The monoisotopic (exact) mass is 346 g/mol. The molecule has 0 unspecified atom stereocenters. The van der Waals surface area contributed by atoms with Crippen molar-refractivity contribution in [2.45, 2.75) is 78.7 Å². The van der Waals surface area contributed by atoms with Crippen molar-refractivity contribution in [2.75, 3.05) is 6.54 Å². The molecule has 0 aliphatic heterocycles. The number of nitrogens with one attached hydrogen (secondary N) is 1. The Bertz CT molecular complexity index is 654. The van der Waals surface area contributed by atoms with Gasteiger partial charge in [-0.05, 0) is 43.2 Å². The number of hydrogen-bond acceptors (Lipinski definition) is 3. The van der Waals surface area contributed by atoms with Crippen LogP contribution in [0.5, 0.6) is 5.75 Å². The predicted molar refractivity (Wildman–Crippen MR) is 106 cm³/mol. The highest BCUT2D eigenvalue weighted by molar-refractivity contribution is 5.87. The zero-order chi connectivity index (χ0) is 19.6. The Morgan fingerprint density at radius 3 is 2.04 bits per heavy atom. The lowest BCUT2D eigenvalue weighted by molar-refractivity contribution is -0.121. The van der Waals surface area contributed by atoms with Crippen LogP contribution in [0.3, 0.4) is 0 Å². The number of amides is 1. The number of phenolic OH excluding ortho intramolecular Hbond substituents is 1. The Balaban J connectivity index is 3.18. The first kappa shape index (κ1) is 21.2. The van der Waals surface area contributed by atoms with Crippen LogP contribution in [0.2, 0.25) is 0 Å². The maximum Gasteiger partial charge on any atom is 0.242 e. The summed E-state index contributed by atoms with van der Waals surface area (Å²) >= 11 is 0. The number of carbonyl (C=O) groups is 1. The van der Waals surface area contributed by atoms with Gasteiger partial charge in [-0.2, -0.15) is 0 Å². The molecule has 1 rings (SSSR count). The maximum absolute atomic E-state index is 11.9. The lowest BCUT2D eigenvalue weighted by atomic mass is 9.79. The lowest BCUT2D eigenvalue weighted by Crippen LogP contribution is -2.41. The largest absolute Gasteiger partial charge is 0.507 e. The Labute approximate surface area is 152 Å². The zero-order valence-electron chi connectivity index (χ0n) is 17.2. The molecule has 4 heteroatoms. The fraction of sp³-hybridized carbons (Fsp3) is 0.619. The highest BCUT2D eigenvalue weighted by Crippen LogP contribution is 2.37. The summed E-state index contributed by atoms with van der Waals surface area (Å²) in [5, 5.41) is 13.6. The second kappa shape index (κ2) is 7.19. The van der Waals surface area contributed by atoms with E-state index in [-0.39, 0.29) is 34.6 Å². The van der Waals surface area contributed by atoms with Crippen LogP contribution in [-0.2, 0) is 15.6 Å². The van der Waals surface area contributed by atoms with E-state index < -0.39 is 0 Å². The third kappa shape index (κ3) is 6.52. The highest BCUT2D eigenvalue weighted by Gasteiger charge is 2.24. The molecular weight excluding hydrogens is 312 g/mol. The number of phenols is 1. The van der Waals surface area contributed by atoms with Crippen LogP contribution in [0.25, 0.3) is 0 Å². The Kier molecular flexibility index (Phi) is 6.09. The molecule has 0 atom stereocenters. The number of rotatable bonds is 3. The van der Waals surface area contributed by atoms with Gasteiger partial charge in [0.15, 0.2) is 0 Å². The summed E-state index contributed by atoms with van der Waals surface area (Å²) in [4.78, 5) is 16.1. The normalized spacial score (nSPS) is 13.3. The minimum absolute atomic E-state index is 0.0418. The van der Waals surface area contributed by atoms with Gasteiger partial charge in [-0.1, -0.05) is 47.6 Å². The standard InChI is InChI=1S/C21H34N2O2/c1-19(2,3)15-10-14(18(25)16(11-15)20(4,5)6)12-22-13-17(24)23-21(7,8)9/h10-12,25H,13H2,1-9H3,(H,23,24). The molecule has 2 N–H and O–H groups in total. The van der Waals surface area contributed by atoms with Gasteiger partial charge in [-0.25, -0.2) is 0 Å². The van der Waals surface area contributed by atoms with Gasteiger partial charge in [0.1, 0.15) is 12.3 Å². The molecule has 4 nitrogen and oxygen atoms in total. The molecule has 1 aromatic carbocycles. The lowest BCUT2D eigenvalue weighted by Gasteiger charge is -2.27. The van der Waals surface area contributed by atoms with Crippen LogP contribution in [0, 0.1) is 0 Å². The molecular formula is C21H34N2O2. The summed E-state index contributed by atoms with van der Waals surface area (Å²) in [6.07, 6.45) is 1.60. The summed E-state index contributed by atoms with van der Waals surface area (Å²) in [7, 11) is 0. The van der Waals surface area contributed by atoms with Gasteiger partial charge in [0, 0.05) is 22.9 Å². The molecule has 0 fully saturated rings. The van der Waals surface area contributed by atoms with Crippen LogP contribution in [0.4, 0.5) is 0 Å². The molecule has 1 aromatic rings. The quantitative estimate of drug-likeness (QED) is 0.801. The molecule has 0 heterocycles. The minimum atomic E-state index is -0.277. The molecule has 140 valence electrons. The van der Waals surface area contributed by atoms with Crippen LogP contribution < -0.4 is 5.32 Å². The number of benzene rings is 1. The molecule has 0 saturated carbocycles. The summed E-state index contributed by atoms with van der Waals surface area (Å²) in [5.74, 6) is 0.103. The van der Waals surface area contributed by atoms with Gasteiger partial charge in [0.25, 0.3) is 0 Å². The summed E-state index contributed by atoms with van der Waals surface area (Å²) in [5.41, 5.74) is 2.18. The topological polar surface area (TPSA) is 61.7 Å². The van der Waals surface area contributed by atoms with Crippen LogP contribution in [0.15, 0.2) is 17.1 Å². The van der Waals surface area contributed by atoms with E-state index >= 15 is 0 Å². The number of hydrogen-bond donors (Lipinski definition) is 2. The Morgan fingerprint density at radius 2 is 1.60 bits per heavy atom. The van der Waals surface area contributed by atoms with Crippen molar-refractivity contribution >= 4 is 12.1 Å². The SMILES string of the molecule is CC(C)(C)NC(=O)CN=Cc1cc(C(C)(C)C)cc(C(C)(C)C)c1O. The number of nitrogens with zero attached hydrogens (tertiary/aromatic N) is 1. The Morgan fingerprint density at radius 1 is 1.04 bits per heavy atom. The van der Waals surface area contributed by atoms with Crippen molar-refractivity contribution in [2.24, 2.45) is 4.99 Å². The molecule has 0 aliphatic rings. The van der Waals surface area contributed by atoms with Crippen LogP contribution in [0.1, 0.15) is 79.0 Å². The first-order valence-corrected chi connectivity index (χ1v) is 8.80. The second-order valence-corrected chi connectivity index (χ2v) is 9.73. The van der Waals surface area contributed by atoms with E-state index in [1.54, 1.807) is 6.21 Å². The number of aliphatic imine (C=N–C) groups is 1. The van der Waals surface area contributed by atoms with Gasteiger partial charge in [-0.15, -0.1) is 0 Å². The minimum Gasteiger partial charge on any atom is -0.507 e. The molecule has 0 aliphatic carbocycles. The molecule has 1 amide bonds. The van der Waals surface area contributed by atoms with Crippen molar-refractivity contribution < 1.29 is 9.90 Å². The van der Waals surface area contributed by atoms with Crippen molar-refractivity contribution in [3.8, 4) is 5.75 Å². The van der Waals surface area contributed by atoms with Crippen molar-refractivity contribution in [1.29, 1.82) is 0 Å². The summed E-state index contributed by atoms with van der Waals surface area (Å²) in [6, 6.07) is 4.02. The maximum atomic E-state index is 11.9. The van der Waals surface area contributed by atoms with E-state index in [2.05, 4.69) is 57.9 Å². The summed E-state index contributed by atoms with van der Waals surface area (Å²) in [6.45, 7) is 18.5.